The smallest absolute Gasteiger partial charge is 0.122 e. The standard InChI is InChI=1S/C10H12BrIN4/c1-3-16-9(11)7(5-14-16)4-8-10(12)13-6-15(8)2/h5-6H,3-4H2,1-2H3. The topological polar surface area (TPSA) is 35.6 Å². The van der Waals surface area contributed by atoms with E-state index >= 15 is 0 Å². The van der Waals surface area contributed by atoms with Crippen molar-refractivity contribution in [2.75, 3.05) is 0 Å². The third-order valence-electron chi connectivity index (χ3n) is 2.51. The molecule has 0 saturated heterocycles. The summed E-state index contributed by atoms with van der Waals surface area (Å²) in [6, 6.07) is 0. The minimum absolute atomic E-state index is 0.857. The highest BCUT2D eigenvalue weighted by Gasteiger charge is 2.12. The molecule has 0 aromatic carbocycles. The highest BCUT2D eigenvalue weighted by atomic mass is 127. The number of halogens is 2. The molecule has 0 aliphatic heterocycles. The van der Waals surface area contributed by atoms with Gasteiger partial charge in [-0.1, -0.05) is 0 Å². The maximum absolute atomic E-state index is 4.31. The van der Waals surface area contributed by atoms with Crippen molar-refractivity contribution in [3.63, 3.8) is 0 Å². The van der Waals surface area contributed by atoms with Crippen LogP contribution in [0, 0.1) is 3.70 Å². The molecule has 86 valence electrons. The first-order valence-corrected chi connectivity index (χ1v) is 6.86. The third kappa shape index (κ3) is 2.17. The van der Waals surface area contributed by atoms with Crippen LogP contribution in [0.25, 0.3) is 0 Å². The van der Waals surface area contributed by atoms with Gasteiger partial charge in [-0.2, -0.15) is 5.10 Å². The molecule has 4 nitrogen and oxygen atoms in total. The maximum Gasteiger partial charge on any atom is 0.122 e. The molecule has 0 atom stereocenters. The molecule has 2 heterocycles. The fourth-order valence-electron chi connectivity index (χ4n) is 1.55. The van der Waals surface area contributed by atoms with Crippen LogP contribution < -0.4 is 0 Å². The van der Waals surface area contributed by atoms with Crippen LogP contribution in [0.4, 0.5) is 0 Å². The van der Waals surface area contributed by atoms with E-state index in [0.29, 0.717) is 0 Å². The molecule has 0 bridgehead atoms. The Kier molecular flexibility index (Phi) is 3.68. The zero-order chi connectivity index (χ0) is 11.7. The Balaban J connectivity index is 2.30. The Morgan fingerprint density at radius 3 is 2.75 bits per heavy atom. The summed E-state index contributed by atoms with van der Waals surface area (Å²) >= 11 is 5.84. The minimum atomic E-state index is 0.857. The van der Waals surface area contributed by atoms with E-state index in [9.17, 15) is 0 Å². The van der Waals surface area contributed by atoms with Crippen molar-refractivity contribution in [2.24, 2.45) is 7.05 Å². The number of hydrogen-bond donors (Lipinski definition) is 0. The molecule has 6 heteroatoms. The van der Waals surface area contributed by atoms with Gasteiger partial charge >= 0.3 is 0 Å². The van der Waals surface area contributed by atoms with E-state index in [4.69, 9.17) is 0 Å². The molecular formula is C10H12BrIN4. The Morgan fingerprint density at radius 1 is 1.50 bits per heavy atom. The average Bonchev–Trinajstić information content (AvgIpc) is 2.77. The van der Waals surface area contributed by atoms with Crippen LogP contribution in [0.15, 0.2) is 17.1 Å². The zero-order valence-electron chi connectivity index (χ0n) is 9.11. The van der Waals surface area contributed by atoms with Crippen LogP contribution in [-0.2, 0) is 20.0 Å². The summed E-state index contributed by atoms with van der Waals surface area (Å²) in [7, 11) is 2.02. The zero-order valence-corrected chi connectivity index (χ0v) is 12.9. The lowest BCUT2D eigenvalue weighted by Crippen LogP contribution is -2.00. The summed E-state index contributed by atoms with van der Waals surface area (Å²) in [4.78, 5) is 4.28. The first-order valence-electron chi connectivity index (χ1n) is 4.99. The summed E-state index contributed by atoms with van der Waals surface area (Å²) < 4.78 is 6.11. The molecule has 16 heavy (non-hydrogen) atoms. The minimum Gasteiger partial charge on any atom is -0.336 e. The molecule has 2 aromatic rings. The third-order valence-corrected chi connectivity index (χ3v) is 4.33. The Bertz CT molecular complexity index is 483. The summed E-state index contributed by atoms with van der Waals surface area (Å²) in [5.41, 5.74) is 2.42. The van der Waals surface area contributed by atoms with Crippen molar-refractivity contribution in [2.45, 2.75) is 19.9 Å². The normalized spacial score (nSPS) is 11.0. The molecular weight excluding hydrogens is 383 g/mol. The Hall–Kier alpha value is -0.370. The van der Waals surface area contributed by atoms with E-state index in [-0.39, 0.29) is 0 Å². The molecule has 0 unspecified atom stereocenters. The summed E-state index contributed by atoms with van der Waals surface area (Å²) in [6.45, 7) is 2.96. The van der Waals surface area contributed by atoms with Gasteiger partial charge in [0.2, 0.25) is 0 Å². The van der Waals surface area contributed by atoms with E-state index in [1.165, 1.54) is 11.3 Å². The second kappa shape index (κ2) is 4.87. The van der Waals surface area contributed by atoms with Crippen LogP contribution in [0.1, 0.15) is 18.2 Å². The highest BCUT2D eigenvalue weighted by molar-refractivity contribution is 14.1. The molecule has 0 radical (unpaired) electrons. The molecule has 0 spiro atoms. The van der Waals surface area contributed by atoms with E-state index < -0.39 is 0 Å². The van der Waals surface area contributed by atoms with Crippen molar-refractivity contribution in [3.8, 4) is 0 Å². The first kappa shape index (κ1) is 12.1. The molecule has 0 amide bonds. The van der Waals surface area contributed by atoms with Crippen molar-refractivity contribution in [1.29, 1.82) is 0 Å². The van der Waals surface area contributed by atoms with E-state index in [2.05, 4.69) is 60.1 Å². The van der Waals surface area contributed by atoms with Crippen molar-refractivity contribution in [3.05, 3.63) is 32.1 Å². The molecule has 2 rings (SSSR count). The highest BCUT2D eigenvalue weighted by Crippen LogP contribution is 2.21. The largest absolute Gasteiger partial charge is 0.336 e. The SMILES string of the molecule is CCn1ncc(Cc2c(I)ncn2C)c1Br. The lowest BCUT2D eigenvalue weighted by molar-refractivity contribution is 0.644. The lowest BCUT2D eigenvalue weighted by atomic mass is 10.2. The fourth-order valence-corrected chi connectivity index (χ4v) is 2.83. The van der Waals surface area contributed by atoms with Crippen molar-refractivity contribution < 1.29 is 0 Å². The Labute approximate surface area is 116 Å². The molecule has 0 fully saturated rings. The second-order valence-electron chi connectivity index (χ2n) is 3.55. The summed E-state index contributed by atoms with van der Waals surface area (Å²) in [5, 5.41) is 4.31. The van der Waals surface area contributed by atoms with Gasteiger partial charge in [0, 0.05) is 25.6 Å². The quantitative estimate of drug-likeness (QED) is 0.750. The molecule has 0 saturated carbocycles. The van der Waals surface area contributed by atoms with E-state index in [1.54, 1.807) is 0 Å². The molecule has 0 N–H and O–H groups in total. The monoisotopic (exact) mass is 394 g/mol. The second-order valence-corrected chi connectivity index (χ2v) is 5.32. The van der Waals surface area contributed by atoms with Gasteiger partial charge in [0.05, 0.1) is 18.2 Å². The van der Waals surface area contributed by atoms with Crippen LogP contribution in [0.2, 0.25) is 0 Å². The van der Waals surface area contributed by atoms with E-state index in [0.717, 1.165) is 21.3 Å². The number of aromatic nitrogens is 4. The van der Waals surface area contributed by atoms with Crippen LogP contribution >= 0.6 is 38.5 Å². The van der Waals surface area contributed by atoms with Crippen molar-refractivity contribution in [1.82, 2.24) is 19.3 Å². The van der Waals surface area contributed by atoms with Gasteiger partial charge in [-0.3, -0.25) is 4.68 Å². The van der Waals surface area contributed by atoms with E-state index in [1.807, 2.05) is 24.3 Å². The van der Waals surface area contributed by atoms with Crippen LogP contribution in [0.3, 0.4) is 0 Å². The van der Waals surface area contributed by atoms with Gasteiger partial charge in [-0.15, -0.1) is 0 Å². The van der Waals surface area contributed by atoms with Gasteiger partial charge in [-0.05, 0) is 45.4 Å². The number of aryl methyl sites for hydroxylation is 2. The predicted molar refractivity (Wildman–Crippen MR) is 74.3 cm³/mol. The van der Waals surface area contributed by atoms with Gasteiger partial charge in [0.1, 0.15) is 8.30 Å². The molecule has 0 aliphatic carbocycles. The van der Waals surface area contributed by atoms with Gasteiger partial charge in [-0.25, -0.2) is 4.98 Å². The molecule has 0 aliphatic rings. The van der Waals surface area contributed by atoms with Crippen LogP contribution in [-0.4, -0.2) is 19.3 Å². The van der Waals surface area contributed by atoms with Gasteiger partial charge in [0.15, 0.2) is 0 Å². The number of rotatable bonds is 3. The van der Waals surface area contributed by atoms with Gasteiger partial charge in [0.25, 0.3) is 0 Å². The lowest BCUT2D eigenvalue weighted by Gasteiger charge is -2.03. The first-order chi connectivity index (χ1) is 7.63. The summed E-state index contributed by atoms with van der Waals surface area (Å²) in [5.74, 6) is 0. The predicted octanol–water partition coefficient (Wildman–Crippen LogP) is 2.59. The number of nitrogens with zero attached hydrogens (tertiary/aromatic N) is 4. The fraction of sp³-hybridized carbons (Fsp3) is 0.400. The average molecular weight is 395 g/mol. The maximum atomic E-state index is 4.31. The van der Waals surface area contributed by atoms with Gasteiger partial charge < -0.3 is 4.57 Å². The van der Waals surface area contributed by atoms with Crippen LogP contribution in [0.5, 0.6) is 0 Å². The Morgan fingerprint density at radius 2 is 2.25 bits per heavy atom. The number of hydrogen-bond acceptors (Lipinski definition) is 2. The van der Waals surface area contributed by atoms with Crippen molar-refractivity contribution >= 4 is 38.5 Å². The molecule has 2 aromatic heterocycles. The summed E-state index contributed by atoms with van der Waals surface area (Å²) in [6.07, 6.45) is 4.61. The number of imidazole rings is 1.